The first kappa shape index (κ1) is 40.7. The fraction of sp³-hybridized carbons (Fsp3) is 0.385. The molecule has 1 aliphatic heterocycles. The topological polar surface area (TPSA) is 136 Å². The maximum atomic E-state index is 15.4. The van der Waals surface area contributed by atoms with Gasteiger partial charge in [-0.2, -0.15) is 32.1 Å². The Hall–Kier alpha value is -5.48. The number of rotatable bonds is 9. The Bertz CT molecular complexity index is 2570. The van der Waals surface area contributed by atoms with E-state index in [0.29, 0.717) is 32.8 Å². The SMILES string of the molecule is C[C@@H]1Cc2c(C(F)(F)F)nn(CC(=O)N[C@@H](Cc3cc(F)cc(F)c3)c3nc(C#CC4CCCCN4)ccc3-c3cccc4c(NS(C)(=O)=O)nn(C)c34)c2C1(F)F. The number of nitrogens with one attached hydrogen (secondary N) is 3. The van der Waals surface area contributed by atoms with Crippen molar-refractivity contribution in [2.24, 2.45) is 13.0 Å². The highest BCUT2D eigenvalue weighted by Crippen LogP contribution is 2.49. The third kappa shape index (κ3) is 8.39. The number of hydrogen-bond donors (Lipinski definition) is 3. The summed E-state index contributed by atoms with van der Waals surface area (Å²) in [6, 6.07) is 9.49. The largest absolute Gasteiger partial charge is 0.435 e. The van der Waals surface area contributed by atoms with Crippen LogP contribution in [0, 0.1) is 29.4 Å². The third-order valence-corrected chi connectivity index (χ3v) is 10.7. The summed E-state index contributed by atoms with van der Waals surface area (Å²) in [4.78, 5) is 18.8. The lowest BCUT2D eigenvalue weighted by molar-refractivity contribution is -0.142. The average molecular weight is 831 g/mol. The lowest BCUT2D eigenvalue weighted by Crippen LogP contribution is -2.35. The van der Waals surface area contributed by atoms with Crippen molar-refractivity contribution in [1.29, 1.82) is 0 Å². The number of nitrogens with zero attached hydrogens (tertiary/aromatic N) is 5. The van der Waals surface area contributed by atoms with E-state index in [1.807, 2.05) is 0 Å². The molecule has 3 N–H and O–H groups in total. The number of sulfonamides is 1. The molecule has 1 unspecified atom stereocenters. The zero-order valence-electron chi connectivity index (χ0n) is 31.3. The fourth-order valence-electron chi connectivity index (χ4n) is 7.61. The Balaban J connectivity index is 1.37. The van der Waals surface area contributed by atoms with Gasteiger partial charge in [0, 0.05) is 41.1 Å². The van der Waals surface area contributed by atoms with Crippen LogP contribution in [0.4, 0.5) is 36.6 Å². The minimum Gasteiger partial charge on any atom is -0.346 e. The van der Waals surface area contributed by atoms with Crippen molar-refractivity contribution >= 4 is 32.7 Å². The second-order valence-electron chi connectivity index (χ2n) is 14.6. The van der Waals surface area contributed by atoms with Gasteiger partial charge in [-0.05, 0) is 80.5 Å². The zero-order valence-corrected chi connectivity index (χ0v) is 32.1. The van der Waals surface area contributed by atoms with E-state index in [1.54, 1.807) is 37.4 Å². The van der Waals surface area contributed by atoms with Gasteiger partial charge in [-0.3, -0.25) is 18.9 Å². The van der Waals surface area contributed by atoms with Gasteiger partial charge in [0.25, 0.3) is 5.92 Å². The van der Waals surface area contributed by atoms with E-state index in [-0.39, 0.29) is 35.2 Å². The van der Waals surface area contributed by atoms with Crippen LogP contribution in [0.3, 0.4) is 0 Å². The van der Waals surface area contributed by atoms with Crippen molar-refractivity contribution in [2.75, 3.05) is 17.5 Å². The molecular formula is C39H37F7N8O3S. The zero-order chi connectivity index (χ0) is 41.7. The smallest absolute Gasteiger partial charge is 0.346 e. The van der Waals surface area contributed by atoms with E-state index in [1.165, 1.54) is 4.68 Å². The number of carbonyl (C=O) groups is 1. The highest BCUT2D eigenvalue weighted by atomic mass is 32.2. The first-order valence-electron chi connectivity index (χ1n) is 18.3. The van der Waals surface area contributed by atoms with Gasteiger partial charge in [0.2, 0.25) is 15.9 Å². The van der Waals surface area contributed by atoms with Crippen LogP contribution in [-0.2, 0) is 53.4 Å². The van der Waals surface area contributed by atoms with Crippen LogP contribution in [0.15, 0.2) is 48.5 Å². The van der Waals surface area contributed by atoms with Gasteiger partial charge >= 0.3 is 6.18 Å². The first-order chi connectivity index (χ1) is 27.3. The molecule has 11 nitrogen and oxygen atoms in total. The van der Waals surface area contributed by atoms with Crippen molar-refractivity contribution in [3.63, 3.8) is 0 Å². The van der Waals surface area contributed by atoms with Crippen LogP contribution in [0.5, 0.6) is 0 Å². The third-order valence-electron chi connectivity index (χ3n) is 10.1. The Morgan fingerprint density at radius 3 is 2.48 bits per heavy atom. The van der Waals surface area contributed by atoms with Crippen LogP contribution in [0.2, 0.25) is 0 Å². The van der Waals surface area contributed by atoms with Gasteiger partial charge < -0.3 is 10.6 Å². The Morgan fingerprint density at radius 1 is 1.07 bits per heavy atom. The highest BCUT2D eigenvalue weighted by molar-refractivity contribution is 7.92. The molecule has 4 heterocycles. The molecule has 1 aliphatic carbocycles. The summed E-state index contributed by atoms with van der Waals surface area (Å²) in [6.45, 7) is 0.818. The monoisotopic (exact) mass is 830 g/mol. The number of pyridine rings is 1. The number of hydrogen-bond acceptors (Lipinski definition) is 7. The van der Waals surface area contributed by atoms with Crippen LogP contribution >= 0.6 is 0 Å². The number of alkyl halides is 5. The van der Waals surface area contributed by atoms with E-state index in [2.05, 4.69) is 37.4 Å². The molecule has 2 aromatic carbocycles. The molecule has 0 spiro atoms. The van der Waals surface area contributed by atoms with E-state index < -0.39 is 81.5 Å². The van der Waals surface area contributed by atoms with Crippen LogP contribution < -0.4 is 15.4 Å². The number of halogens is 7. The average Bonchev–Trinajstić information content (AvgIpc) is 3.74. The number of piperidine rings is 1. The van der Waals surface area contributed by atoms with E-state index >= 15 is 8.78 Å². The molecule has 3 atom stereocenters. The Labute approximate surface area is 328 Å². The first-order valence-corrected chi connectivity index (χ1v) is 20.2. The van der Waals surface area contributed by atoms with Crippen LogP contribution in [0.25, 0.3) is 22.0 Å². The maximum absolute atomic E-state index is 15.4. The Kier molecular flexibility index (Phi) is 10.8. The van der Waals surface area contributed by atoms with Crippen molar-refractivity contribution < 1.29 is 43.9 Å². The fourth-order valence-corrected chi connectivity index (χ4v) is 8.11. The number of anilines is 1. The number of aryl methyl sites for hydroxylation is 1. The minimum absolute atomic E-state index is 0.0232. The molecule has 7 rings (SSSR count). The minimum atomic E-state index is -5.08. The van der Waals surface area contributed by atoms with Crippen molar-refractivity contribution in [3.05, 3.63) is 94.1 Å². The molecule has 3 aromatic heterocycles. The lowest BCUT2D eigenvalue weighted by Gasteiger charge is -2.23. The number of fused-ring (bicyclic) bond motifs is 2. The van der Waals surface area contributed by atoms with Crippen molar-refractivity contribution in [3.8, 4) is 23.0 Å². The molecule has 0 saturated carbocycles. The van der Waals surface area contributed by atoms with Crippen molar-refractivity contribution in [1.82, 2.24) is 35.2 Å². The summed E-state index contributed by atoms with van der Waals surface area (Å²) in [5.41, 5.74) is -1.65. The number of aromatic nitrogens is 5. The molecule has 306 valence electrons. The summed E-state index contributed by atoms with van der Waals surface area (Å²) < 4.78 is 131. The molecule has 2 aliphatic rings. The molecule has 1 saturated heterocycles. The molecular weight excluding hydrogens is 794 g/mol. The maximum Gasteiger partial charge on any atom is 0.435 e. The molecule has 58 heavy (non-hydrogen) atoms. The normalized spacial score (nSPS) is 18.4. The summed E-state index contributed by atoms with van der Waals surface area (Å²) in [6.07, 6.45) is -2.30. The number of amides is 1. The molecule has 1 fully saturated rings. The van der Waals surface area contributed by atoms with E-state index in [4.69, 9.17) is 4.98 Å². The highest BCUT2D eigenvalue weighted by Gasteiger charge is 2.54. The second-order valence-corrected chi connectivity index (χ2v) is 16.4. The van der Waals surface area contributed by atoms with Gasteiger partial charge in [-0.15, -0.1) is 0 Å². The van der Waals surface area contributed by atoms with Gasteiger partial charge in [0.15, 0.2) is 11.5 Å². The van der Waals surface area contributed by atoms with Gasteiger partial charge in [0.1, 0.15) is 29.6 Å². The molecule has 5 aromatic rings. The lowest BCUT2D eigenvalue weighted by atomic mass is 9.93. The Morgan fingerprint density at radius 2 is 1.81 bits per heavy atom. The predicted octanol–water partition coefficient (Wildman–Crippen LogP) is 6.38. The number of benzene rings is 2. The number of para-hydroxylation sites is 1. The summed E-state index contributed by atoms with van der Waals surface area (Å²) >= 11 is 0. The van der Waals surface area contributed by atoms with E-state index in [9.17, 15) is 35.2 Å². The van der Waals surface area contributed by atoms with Gasteiger partial charge in [0.05, 0.1) is 29.6 Å². The van der Waals surface area contributed by atoms with Crippen molar-refractivity contribution in [2.45, 2.75) is 69.8 Å². The van der Waals surface area contributed by atoms with Crippen LogP contribution in [0.1, 0.15) is 66.1 Å². The number of carbonyl (C=O) groups excluding carboxylic acids is 1. The second kappa shape index (κ2) is 15.4. The summed E-state index contributed by atoms with van der Waals surface area (Å²) in [5.74, 6) is -1.91. The quantitative estimate of drug-likeness (QED) is 0.116. The van der Waals surface area contributed by atoms with Gasteiger partial charge in [-0.25, -0.2) is 22.2 Å². The van der Waals surface area contributed by atoms with E-state index in [0.717, 1.165) is 51.1 Å². The molecule has 19 heteroatoms. The predicted molar refractivity (Wildman–Crippen MR) is 200 cm³/mol. The molecule has 0 radical (unpaired) electrons. The summed E-state index contributed by atoms with van der Waals surface area (Å²) in [5, 5.41) is 14.2. The van der Waals surface area contributed by atoms with Crippen LogP contribution in [-0.4, -0.2) is 57.7 Å². The van der Waals surface area contributed by atoms with Gasteiger partial charge in [-0.1, -0.05) is 25.0 Å². The molecule has 0 bridgehead atoms. The standard InChI is InChI=1S/C39H37F7N8O3S/c1-21-15-30-35(39(44,45)46)50-54(36(30)38(21,42)43)20-32(55)49-31(18-22-16-23(40)19-24(41)17-22)33-27(13-12-26(48-33)11-10-25-7-4-5-14-47-25)28-8-6-9-29-34(28)53(2)51-37(29)52-58(3,56)57/h6,8-9,12-13,16-17,19,21,25,31,47H,4-5,7,14-15,18,20H2,1-3H3,(H,49,55)(H,51,52)/t21-,25?,31+/m1/s1. The molecule has 1 amide bonds. The summed E-state index contributed by atoms with van der Waals surface area (Å²) in [7, 11) is -2.19.